The van der Waals surface area contributed by atoms with Crippen molar-refractivity contribution >= 4 is 21.8 Å². The van der Waals surface area contributed by atoms with Crippen molar-refractivity contribution in [2.24, 2.45) is 0 Å². The summed E-state index contributed by atoms with van der Waals surface area (Å²) < 4.78 is 34.0. The normalized spacial score (nSPS) is 21.4. The van der Waals surface area contributed by atoms with Crippen molar-refractivity contribution in [3.05, 3.63) is 60.2 Å². The summed E-state index contributed by atoms with van der Waals surface area (Å²) in [6, 6.07) is 15.8. The molecule has 2 aliphatic heterocycles. The van der Waals surface area contributed by atoms with Crippen LogP contribution in [0.2, 0.25) is 0 Å². The number of carbonyl (C=O) groups excluding carboxylic acids is 1. The Labute approximate surface area is 165 Å². The van der Waals surface area contributed by atoms with Gasteiger partial charge in [0.1, 0.15) is 11.8 Å². The van der Waals surface area contributed by atoms with Gasteiger partial charge in [-0.2, -0.15) is 0 Å². The largest absolute Gasteiger partial charge is 0.444 e. The van der Waals surface area contributed by atoms with E-state index in [2.05, 4.69) is 0 Å². The average molecular weight is 401 g/mol. The molecule has 2 aliphatic rings. The van der Waals surface area contributed by atoms with Gasteiger partial charge in [-0.15, -0.1) is 0 Å². The topological polar surface area (TPSA) is 66.9 Å². The summed E-state index contributed by atoms with van der Waals surface area (Å²) >= 11 is 0. The Bertz CT molecular complexity index is 999. The van der Waals surface area contributed by atoms with Crippen LogP contribution in [-0.2, 0) is 14.8 Å². The van der Waals surface area contributed by atoms with Crippen LogP contribution in [0.3, 0.4) is 0 Å². The Morgan fingerprint density at radius 1 is 1.04 bits per heavy atom. The van der Waals surface area contributed by atoms with Crippen molar-refractivity contribution in [1.82, 2.24) is 4.90 Å². The molecule has 2 atom stereocenters. The smallest absolute Gasteiger partial charge is 0.411 e. The lowest BCUT2D eigenvalue weighted by molar-refractivity contribution is 0.0233. The molecule has 0 radical (unpaired) electrons. The molecule has 1 amide bonds. The van der Waals surface area contributed by atoms with E-state index in [9.17, 15) is 13.2 Å². The van der Waals surface area contributed by atoms with Gasteiger partial charge in [-0.25, -0.2) is 17.5 Å². The first-order valence-electron chi connectivity index (χ1n) is 9.38. The van der Waals surface area contributed by atoms with Crippen LogP contribution in [0.5, 0.6) is 0 Å². The minimum atomic E-state index is -3.83. The second kappa shape index (κ2) is 6.51. The number of carbonyl (C=O) groups is 1. The van der Waals surface area contributed by atoms with Crippen LogP contribution >= 0.6 is 0 Å². The molecule has 0 unspecified atom stereocenters. The highest BCUT2D eigenvalue weighted by Gasteiger charge is 2.52. The van der Waals surface area contributed by atoms with Gasteiger partial charge in [-0.1, -0.05) is 36.4 Å². The molecule has 6 nitrogen and oxygen atoms in total. The number of likely N-dealkylation sites (tertiary alicyclic amines) is 1. The molecule has 1 saturated heterocycles. The van der Waals surface area contributed by atoms with E-state index >= 15 is 0 Å². The zero-order valence-corrected chi connectivity index (χ0v) is 17.0. The molecule has 0 saturated carbocycles. The summed E-state index contributed by atoms with van der Waals surface area (Å²) in [7, 11) is -3.83. The van der Waals surface area contributed by atoms with E-state index in [-0.39, 0.29) is 10.8 Å². The first-order chi connectivity index (χ1) is 13.2. The van der Waals surface area contributed by atoms with Crippen LogP contribution in [-0.4, -0.2) is 37.7 Å². The predicted molar refractivity (Wildman–Crippen MR) is 107 cm³/mol. The van der Waals surface area contributed by atoms with Gasteiger partial charge in [0, 0.05) is 12.5 Å². The molecule has 0 N–H and O–H groups in total. The van der Waals surface area contributed by atoms with E-state index < -0.39 is 27.9 Å². The lowest BCUT2D eigenvalue weighted by Crippen LogP contribution is -2.50. The zero-order valence-electron chi connectivity index (χ0n) is 16.2. The third-order valence-electron chi connectivity index (χ3n) is 5.10. The van der Waals surface area contributed by atoms with E-state index in [1.54, 1.807) is 62.1 Å². The summed E-state index contributed by atoms with van der Waals surface area (Å²) in [6.45, 7) is 5.88. The molecule has 0 spiro atoms. The molecule has 1 fully saturated rings. The summed E-state index contributed by atoms with van der Waals surface area (Å²) in [5.41, 5.74) is 0.941. The Kier molecular flexibility index (Phi) is 4.38. The fourth-order valence-corrected chi connectivity index (χ4v) is 5.72. The number of nitrogens with zero attached hydrogens (tertiary/aromatic N) is 2. The maximum absolute atomic E-state index is 13.5. The van der Waals surface area contributed by atoms with Crippen molar-refractivity contribution in [2.45, 2.75) is 49.8 Å². The maximum Gasteiger partial charge on any atom is 0.411 e. The van der Waals surface area contributed by atoms with Crippen LogP contribution < -0.4 is 4.31 Å². The summed E-state index contributed by atoms with van der Waals surface area (Å²) in [5, 5.41) is 0. The molecule has 2 heterocycles. The standard InChI is InChI=1S/C21H24N2O4S/c1-21(2,3)27-20(24)22-14-13-17-16-11-7-8-12-18(16)23(19(17)22)28(25,26)15-9-5-4-6-10-15/h4-12,17,19H,13-14H2,1-3H3/t17-,19-/m1/s1. The van der Waals surface area contributed by atoms with Gasteiger partial charge in [0.2, 0.25) is 0 Å². The summed E-state index contributed by atoms with van der Waals surface area (Å²) in [4.78, 5) is 14.6. The van der Waals surface area contributed by atoms with E-state index in [1.165, 1.54) is 4.31 Å². The Balaban J connectivity index is 1.80. The van der Waals surface area contributed by atoms with Gasteiger partial charge < -0.3 is 4.74 Å². The highest BCUT2D eigenvalue weighted by atomic mass is 32.2. The third-order valence-corrected chi connectivity index (χ3v) is 6.90. The monoisotopic (exact) mass is 400 g/mol. The maximum atomic E-state index is 13.5. The van der Waals surface area contributed by atoms with Gasteiger partial charge in [-0.05, 0) is 51.0 Å². The second-order valence-corrected chi connectivity index (χ2v) is 9.97. The van der Waals surface area contributed by atoms with E-state index in [4.69, 9.17) is 4.74 Å². The quantitative estimate of drug-likeness (QED) is 0.766. The molecule has 2 aromatic carbocycles. The Morgan fingerprint density at radius 3 is 2.36 bits per heavy atom. The fraction of sp³-hybridized carbons (Fsp3) is 0.381. The number of fused-ring (bicyclic) bond motifs is 3. The number of benzene rings is 2. The second-order valence-electron chi connectivity index (χ2n) is 8.16. The van der Waals surface area contributed by atoms with Crippen LogP contribution in [0.25, 0.3) is 0 Å². The number of anilines is 1. The van der Waals surface area contributed by atoms with E-state index in [0.717, 1.165) is 5.56 Å². The average Bonchev–Trinajstić information content (AvgIpc) is 3.19. The molecule has 7 heteroatoms. The SMILES string of the molecule is CC(C)(C)OC(=O)N1CC[C@@H]2c3ccccc3N(S(=O)(=O)c3ccccc3)[C@H]21. The van der Waals surface area contributed by atoms with Crippen molar-refractivity contribution in [3.8, 4) is 0 Å². The molecule has 0 aliphatic carbocycles. The summed E-state index contributed by atoms with van der Waals surface area (Å²) in [6.07, 6.45) is -0.402. The molecule has 28 heavy (non-hydrogen) atoms. The number of para-hydroxylation sites is 1. The lowest BCUT2D eigenvalue weighted by Gasteiger charge is -2.34. The first-order valence-corrected chi connectivity index (χ1v) is 10.8. The van der Waals surface area contributed by atoms with Gasteiger partial charge in [0.25, 0.3) is 10.0 Å². The Morgan fingerprint density at radius 2 is 1.68 bits per heavy atom. The van der Waals surface area contributed by atoms with Crippen molar-refractivity contribution in [3.63, 3.8) is 0 Å². The van der Waals surface area contributed by atoms with Gasteiger partial charge >= 0.3 is 6.09 Å². The van der Waals surface area contributed by atoms with Crippen molar-refractivity contribution < 1.29 is 17.9 Å². The minimum absolute atomic E-state index is 0.0674. The minimum Gasteiger partial charge on any atom is -0.444 e. The van der Waals surface area contributed by atoms with Gasteiger partial charge in [-0.3, -0.25) is 4.90 Å². The van der Waals surface area contributed by atoms with Crippen molar-refractivity contribution in [2.75, 3.05) is 10.8 Å². The molecular formula is C21H24N2O4S. The number of sulfonamides is 1. The zero-order chi connectivity index (χ0) is 20.1. The van der Waals surface area contributed by atoms with Crippen LogP contribution in [0.4, 0.5) is 10.5 Å². The lowest BCUT2D eigenvalue weighted by atomic mass is 9.99. The molecule has 2 aromatic rings. The van der Waals surface area contributed by atoms with Gasteiger partial charge in [0.05, 0.1) is 10.6 Å². The fourth-order valence-electron chi connectivity index (χ4n) is 4.02. The number of ether oxygens (including phenoxy) is 1. The van der Waals surface area contributed by atoms with Crippen molar-refractivity contribution in [1.29, 1.82) is 0 Å². The van der Waals surface area contributed by atoms with Gasteiger partial charge in [0.15, 0.2) is 0 Å². The highest BCUT2D eigenvalue weighted by molar-refractivity contribution is 7.92. The summed E-state index contributed by atoms with van der Waals surface area (Å²) in [5.74, 6) is -0.0674. The molecule has 0 bridgehead atoms. The number of hydrogen-bond acceptors (Lipinski definition) is 4. The highest BCUT2D eigenvalue weighted by Crippen LogP contribution is 2.50. The number of hydrogen-bond donors (Lipinski definition) is 0. The Hall–Kier alpha value is -2.54. The van der Waals surface area contributed by atoms with E-state index in [0.29, 0.717) is 18.7 Å². The van der Waals surface area contributed by atoms with Crippen LogP contribution in [0.15, 0.2) is 59.5 Å². The first kappa shape index (κ1) is 18.8. The number of amides is 1. The third kappa shape index (κ3) is 3.03. The predicted octanol–water partition coefficient (Wildman–Crippen LogP) is 3.95. The van der Waals surface area contributed by atoms with E-state index in [1.807, 2.05) is 18.2 Å². The number of rotatable bonds is 2. The molecular weight excluding hydrogens is 376 g/mol. The van der Waals surface area contributed by atoms with Crippen LogP contribution in [0, 0.1) is 0 Å². The molecule has 148 valence electrons. The van der Waals surface area contributed by atoms with Crippen LogP contribution in [0.1, 0.15) is 38.7 Å². The molecule has 0 aromatic heterocycles. The molecule has 4 rings (SSSR count).